The molecule has 3 atom stereocenters. The summed E-state index contributed by atoms with van der Waals surface area (Å²) in [6.45, 7) is 1.92. The van der Waals surface area contributed by atoms with E-state index in [2.05, 4.69) is 0 Å². The molecule has 13 heavy (non-hydrogen) atoms. The number of hydrogen-bond donors (Lipinski definition) is 0. The Morgan fingerprint density at radius 3 is 3.08 bits per heavy atom. The Labute approximate surface area is 80.3 Å². The van der Waals surface area contributed by atoms with Gasteiger partial charge in [-0.2, -0.15) is 0 Å². The van der Waals surface area contributed by atoms with Crippen LogP contribution < -0.4 is 0 Å². The summed E-state index contributed by atoms with van der Waals surface area (Å²) in [4.78, 5) is 11.1. The molecule has 0 amide bonds. The van der Waals surface area contributed by atoms with Crippen molar-refractivity contribution >= 4 is 16.8 Å². The molecule has 0 N–H and O–H groups in total. The number of rotatable bonds is 0. The Morgan fingerprint density at radius 2 is 2.31 bits per heavy atom. The first-order chi connectivity index (χ1) is 6.12. The number of hydrogen-bond acceptors (Lipinski definition) is 3. The summed E-state index contributed by atoms with van der Waals surface area (Å²) in [5.74, 6) is -0.195. The van der Waals surface area contributed by atoms with Crippen molar-refractivity contribution in [2.45, 2.75) is 43.5 Å². The van der Waals surface area contributed by atoms with Crippen LogP contribution in [0.2, 0.25) is 0 Å². The summed E-state index contributed by atoms with van der Waals surface area (Å²) in [7, 11) is -1.00. The monoisotopic (exact) mass is 202 g/mol. The molecule has 0 aromatic heterocycles. The van der Waals surface area contributed by atoms with Crippen molar-refractivity contribution in [1.82, 2.24) is 0 Å². The molecular formula is C9H14O3S. The van der Waals surface area contributed by atoms with Crippen molar-refractivity contribution in [3.63, 3.8) is 0 Å². The first kappa shape index (κ1) is 9.19. The second-order valence-electron chi connectivity index (χ2n) is 4.05. The SMILES string of the molecule is C[C@]12CCCC[C@@H]1[S@@](=O)CC(=O)O2. The Morgan fingerprint density at radius 1 is 1.54 bits per heavy atom. The standard InChI is InChI=1S/C9H14O3S/c1-9-5-3-2-4-7(9)13(11)6-8(10)12-9/h7H,2-6H2,1H3/t7-,9-,13-/m0/s1. The van der Waals surface area contributed by atoms with Crippen LogP contribution in [0.25, 0.3) is 0 Å². The van der Waals surface area contributed by atoms with Gasteiger partial charge in [-0.05, 0) is 26.2 Å². The molecule has 0 spiro atoms. The van der Waals surface area contributed by atoms with Gasteiger partial charge in [-0.25, -0.2) is 0 Å². The van der Waals surface area contributed by atoms with E-state index >= 15 is 0 Å². The molecule has 4 heteroatoms. The molecule has 1 aliphatic carbocycles. The smallest absolute Gasteiger partial charge is 0.319 e. The highest BCUT2D eigenvalue weighted by molar-refractivity contribution is 7.86. The number of carbonyl (C=O) groups is 1. The summed E-state index contributed by atoms with van der Waals surface area (Å²) in [5, 5.41) is 0.0824. The number of esters is 1. The van der Waals surface area contributed by atoms with E-state index in [9.17, 15) is 9.00 Å². The first-order valence-electron chi connectivity index (χ1n) is 4.71. The lowest BCUT2D eigenvalue weighted by Gasteiger charge is -2.42. The quantitative estimate of drug-likeness (QED) is 0.550. The lowest BCUT2D eigenvalue weighted by Crippen LogP contribution is -2.53. The van der Waals surface area contributed by atoms with Crippen molar-refractivity contribution in [3.8, 4) is 0 Å². The molecule has 2 aliphatic rings. The Balaban J connectivity index is 2.24. The van der Waals surface area contributed by atoms with Crippen molar-refractivity contribution in [2.24, 2.45) is 0 Å². The van der Waals surface area contributed by atoms with E-state index in [1.807, 2.05) is 6.92 Å². The van der Waals surface area contributed by atoms with Gasteiger partial charge in [0.2, 0.25) is 0 Å². The molecule has 3 nitrogen and oxygen atoms in total. The molecule has 0 aromatic carbocycles. The second kappa shape index (κ2) is 3.08. The van der Waals surface area contributed by atoms with Gasteiger partial charge in [-0.1, -0.05) is 6.42 Å². The maximum Gasteiger partial charge on any atom is 0.319 e. The molecule has 1 saturated heterocycles. The van der Waals surface area contributed by atoms with Crippen LogP contribution in [0.4, 0.5) is 0 Å². The number of carbonyl (C=O) groups excluding carboxylic acids is 1. The van der Waals surface area contributed by atoms with Crippen LogP contribution in [-0.2, 0) is 20.3 Å². The van der Waals surface area contributed by atoms with E-state index in [1.165, 1.54) is 0 Å². The summed E-state index contributed by atoms with van der Waals surface area (Å²) >= 11 is 0. The summed E-state index contributed by atoms with van der Waals surface area (Å²) in [6, 6.07) is 0. The van der Waals surface area contributed by atoms with Gasteiger partial charge in [0, 0.05) is 10.8 Å². The summed E-state index contributed by atoms with van der Waals surface area (Å²) in [6.07, 6.45) is 4.01. The molecular weight excluding hydrogens is 188 g/mol. The number of ether oxygens (including phenoxy) is 1. The highest BCUT2D eigenvalue weighted by Crippen LogP contribution is 2.37. The van der Waals surface area contributed by atoms with Gasteiger partial charge in [0.25, 0.3) is 0 Å². The minimum atomic E-state index is -1.00. The van der Waals surface area contributed by atoms with Crippen LogP contribution in [0.3, 0.4) is 0 Å². The Kier molecular flexibility index (Phi) is 2.18. The third kappa shape index (κ3) is 1.52. The molecule has 0 bridgehead atoms. The average molecular weight is 202 g/mol. The highest BCUT2D eigenvalue weighted by atomic mass is 32.2. The van der Waals surface area contributed by atoms with Crippen LogP contribution in [-0.4, -0.2) is 26.8 Å². The van der Waals surface area contributed by atoms with Crippen molar-refractivity contribution in [1.29, 1.82) is 0 Å². The van der Waals surface area contributed by atoms with Gasteiger partial charge in [0.05, 0.1) is 5.25 Å². The molecule has 74 valence electrons. The lowest BCUT2D eigenvalue weighted by atomic mass is 9.85. The fourth-order valence-corrected chi connectivity index (χ4v) is 3.95. The van der Waals surface area contributed by atoms with Crippen LogP contribution >= 0.6 is 0 Å². The zero-order valence-electron chi connectivity index (χ0n) is 7.75. The highest BCUT2D eigenvalue weighted by Gasteiger charge is 2.47. The van der Waals surface area contributed by atoms with Gasteiger partial charge < -0.3 is 4.74 Å². The lowest BCUT2D eigenvalue weighted by molar-refractivity contribution is -0.158. The maximum absolute atomic E-state index is 11.7. The van der Waals surface area contributed by atoms with Gasteiger partial charge in [-0.3, -0.25) is 9.00 Å². The van der Waals surface area contributed by atoms with Gasteiger partial charge in [0.1, 0.15) is 11.4 Å². The van der Waals surface area contributed by atoms with E-state index in [4.69, 9.17) is 4.74 Å². The van der Waals surface area contributed by atoms with Crippen molar-refractivity contribution in [2.75, 3.05) is 5.75 Å². The molecule has 1 aliphatic heterocycles. The molecule has 1 heterocycles. The predicted octanol–water partition coefficient (Wildman–Crippen LogP) is 0.993. The van der Waals surface area contributed by atoms with Crippen LogP contribution in [0.1, 0.15) is 32.6 Å². The molecule has 0 aromatic rings. The largest absolute Gasteiger partial charge is 0.457 e. The third-order valence-corrected chi connectivity index (χ3v) is 4.88. The van der Waals surface area contributed by atoms with Crippen LogP contribution in [0.5, 0.6) is 0 Å². The maximum atomic E-state index is 11.7. The van der Waals surface area contributed by atoms with E-state index in [0.29, 0.717) is 0 Å². The van der Waals surface area contributed by atoms with E-state index in [-0.39, 0.29) is 17.0 Å². The van der Waals surface area contributed by atoms with Gasteiger partial charge in [-0.15, -0.1) is 0 Å². The fraction of sp³-hybridized carbons (Fsp3) is 0.889. The molecule has 0 radical (unpaired) electrons. The topological polar surface area (TPSA) is 43.4 Å². The molecule has 0 unspecified atom stereocenters. The van der Waals surface area contributed by atoms with Gasteiger partial charge >= 0.3 is 5.97 Å². The molecule has 1 saturated carbocycles. The first-order valence-corrected chi connectivity index (χ1v) is 6.09. The zero-order chi connectivity index (χ0) is 9.47. The average Bonchev–Trinajstić information content (AvgIpc) is 2.01. The normalized spacial score (nSPS) is 45.2. The molecule has 2 rings (SSSR count). The zero-order valence-corrected chi connectivity index (χ0v) is 8.56. The van der Waals surface area contributed by atoms with Crippen LogP contribution in [0, 0.1) is 0 Å². The Hall–Kier alpha value is -0.380. The van der Waals surface area contributed by atoms with Gasteiger partial charge in [0.15, 0.2) is 0 Å². The molecule has 2 fully saturated rings. The van der Waals surface area contributed by atoms with E-state index in [0.717, 1.165) is 25.7 Å². The predicted molar refractivity (Wildman–Crippen MR) is 49.8 cm³/mol. The van der Waals surface area contributed by atoms with Crippen LogP contribution in [0.15, 0.2) is 0 Å². The Bertz CT molecular complexity index is 264. The summed E-state index contributed by atoms with van der Waals surface area (Å²) in [5.41, 5.74) is -0.432. The van der Waals surface area contributed by atoms with E-state index < -0.39 is 16.4 Å². The minimum Gasteiger partial charge on any atom is -0.457 e. The summed E-state index contributed by atoms with van der Waals surface area (Å²) < 4.78 is 17.0. The van der Waals surface area contributed by atoms with E-state index in [1.54, 1.807) is 0 Å². The van der Waals surface area contributed by atoms with Crippen molar-refractivity contribution in [3.05, 3.63) is 0 Å². The third-order valence-electron chi connectivity index (χ3n) is 3.00. The fourth-order valence-electron chi connectivity index (χ4n) is 2.30. The van der Waals surface area contributed by atoms with Crippen molar-refractivity contribution < 1.29 is 13.7 Å². The number of fused-ring (bicyclic) bond motifs is 1. The second-order valence-corrected chi connectivity index (χ2v) is 5.67. The minimum absolute atomic E-state index is 0.0824.